The smallest absolute Gasteiger partial charge is 0.0576 e. The molecule has 0 spiro atoms. The van der Waals surface area contributed by atoms with E-state index < -0.39 is 0 Å². The van der Waals surface area contributed by atoms with Gasteiger partial charge < -0.3 is 4.74 Å². The highest BCUT2D eigenvalue weighted by Crippen LogP contribution is 2.06. The van der Waals surface area contributed by atoms with Crippen molar-refractivity contribution in [1.82, 2.24) is 0 Å². The minimum absolute atomic E-state index is 0.340. The Bertz CT molecular complexity index is 48.5. The molecule has 2 atom stereocenters. The summed E-state index contributed by atoms with van der Waals surface area (Å²) in [5.41, 5.74) is 0. The summed E-state index contributed by atoms with van der Waals surface area (Å²) in [6, 6.07) is 0. The first kappa shape index (κ1) is 8.31. The molecule has 0 aromatic rings. The number of methoxy groups -OCH3 is 1. The van der Waals surface area contributed by atoms with Crippen molar-refractivity contribution in [2.24, 2.45) is 5.92 Å². The lowest BCUT2D eigenvalue weighted by atomic mass is 10.1. The van der Waals surface area contributed by atoms with Gasteiger partial charge in [0, 0.05) is 7.11 Å². The van der Waals surface area contributed by atoms with Crippen molar-refractivity contribution in [3.8, 4) is 0 Å². The molecule has 0 radical (unpaired) electrons. The number of rotatable bonds is 3. The molecule has 2 heteroatoms. The maximum atomic E-state index is 5.05. The van der Waals surface area contributed by atoms with E-state index in [1.54, 1.807) is 7.11 Å². The molecular weight excluding hydrogens is 120 g/mol. The molecule has 1 nitrogen and oxygen atoms in total. The van der Waals surface area contributed by atoms with E-state index in [0.29, 0.717) is 12.0 Å². The third kappa shape index (κ3) is 2.58. The molecule has 0 aliphatic heterocycles. The number of ether oxygens (including phenoxy) is 1. The van der Waals surface area contributed by atoms with Crippen LogP contribution in [0.4, 0.5) is 0 Å². The van der Waals surface area contributed by atoms with Crippen molar-refractivity contribution >= 4 is 12.6 Å². The van der Waals surface area contributed by atoms with Gasteiger partial charge in [-0.05, 0) is 18.6 Å². The third-order valence-corrected chi connectivity index (χ3v) is 2.04. The van der Waals surface area contributed by atoms with Gasteiger partial charge in [0.05, 0.1) is 6.10 Å². The fourth-order valence-electron chi connectivity index (χ4n) is 0.381. The fraction of sp³-hybridized carbons (Fsp3) is 1.00. The molecule has 8 heavy (non-hydrogen) atoms. The molecule has 0 saturated carbocycles. The molecule has 0 fully saturated rings. The summed E-state index contributed by atoms with van der Waals surface area (Å²) in [6.07, 6.45) is 0.340. The standard InChI is InChI=1S/C6H14OS/c1-5(4-8)6(2)7-3/h5-6,8H,4H2,1-3H3. The summed E-state index contributed by atoms with van der Waals surface area (Å²) >= 11 is 4.13. The molecule has 0 amide bonds. The van der Waals surface area contributed by atoms with Crippen LogP contribution < -0.4 is 0 Å². The Morgan fingerprint density at radius 3 is 2.12 bits per heavy atom. The quantitative estimate of drug-likeness (QED) is 0.577. The SMILES string of the molecule is COC(C)C(C)CS. The minimum atomic E-state index is 0.340. The lowest BCUT2D eigenvalue weighted by molar-refractivity contribution is 0.0822. The summed E-state index contributed by atoms with van der Waals surface area (Å²) in [4.78, 5) is 0. The van der Waals surface area contributed by atoms with Crippen LogP contribution in [-0.4, -0.2) is 19.0 Å². The Morgan fingerprint density at radius 1 is 1.50 bits per heavy atom. The van der Waals surface area contributed by atoms with Crippen LogP contribution in [-0.2, 0) is 4.74 Å². The Morgan fingerprint density at radius 2 is 2.00 bits per heavy atom. The van der Waals surface area contributed by atoms with Crippen LogP contribution in [0.25, 0.3) is 0 Å². The van der Waals surface area contributed by atoms with Gasteiger partial charge >= 0.3 is 0 Å². The van der Waals surface area contributed by atoms with Crippen LogP contribution in [0, 0.1) is 5.92 Å². The third-order valence-electron chi connectivity index (χ3n) is 1.46. The first-order valence-corrected chi connectivity index (χ1v) is 3.49. The van der Waals surface area contributed by atoms with E-state index in [1.165, 1.54) is 0 Å². The zero-order valence-electron chi connectivity index (χ0n) is 5.72. The summed E-state index contributed by atoms with van der Waals surface area (Å²) in [5, 5.41) is 0. The highest BCUT2D eigenvalue weighted by Gasteiger charge is 2.07. The average Bonchev–Trinajstić information content (AvgIpc) is 1.84. The first-order valence-electron chi connectivity index (χ1n) is 2.86. The molecule has 0 rings (SSSR count). The van der Waals surface area contributed by atoms with Crippen molar-refractivity contribution in [1.29, 1.82) is 0 Å². The van der Waals surface area contributed by atoms with Gasteiger partial charge in [0.1, 0.15) is 0 Å². The van der Waals surface area contributed by atoms with E-state index in [4.69, 9.17) is 4.74 Å². The molecule has 0 aromatic carbocycles. The fourth-order valence-corrected chi connectivity index (χ4v) is 0.678. The van der Waals surface area contributed by atoms with Crippen molar-refractivity contribution in [2.45, 2.75) is 20.0 Å². The van der Waals surface area contributed by atoms with Gasteiger partial charge in [-0.15, -0.1) is 0 Å². The lowest BCUT2D eigenvalue weighted by Crippen LogP contribution is -2.17. The van der Waals surface area contributed by atoms with Crippen LogP contribution in [0.15, 0.2) is 0 Å². The summed E-state index contributed by atoms with van der Waals surface area (Å²) < 4.78 is 5.05. The maximum absolute atomic E-state index is 5.05. The van der Waals surface area contributed by atoms with Crippen molar-refractivity contribution in [3.63, 3.8) is 0 Å². The van der Waals surface area contributed by atoms with E-state index in [2.05, 4.69) is 26.5 Å². The van der Waals surface area contributed by atoms with E-state index in [1.807, 2.05) is 0 Å². The molecule has 0 aliphatic rings. The van der Waals surface area contributed by atoms with Gasteiger partial charge in [-0.2, -0.15) is 12.6 Å². The summed E-state index contributed by atoms with van der Waals surface area (Å²) in [5.74, 6) is 1.46. The van der Waals surface area contributed by atoms with Crippen LogP contribution in [0.5, 0.6) is 0 Å². The Hall–Kier alpha value is 0.310. The Labute approximate surface area is 56.8 Å². The highest BCUT2D eigenvalue weighted by atomic mass is 32.1. The van der Waals surface area contributed by atoms with Crippen LogP contribution >= 0.6 is 12.6 Å². The first-order chi connectivity index (χ1) is 3.72. The van der Waals surface area contributed by atoms with Crippen molar-refractivity contribution in [3.05, 3.63) is 0 Å². The molecule has 2 unspecified atom stereocenters. The van der Waals surface area contributed by atoms with Gasteiger partial charge in [-0.1, -0.05) is 6.92 Å². The van der Waals surface area contributed by atoms with Crippen molar-refractivity contribution in [2.75, 3.05) is 12.9 Å². The Kier molecular flexibility index (Phi) is 4.38. The Balaban J connectivity index is 3.29. The van der Waals surface area contributed by atoms with Gasteiger partial charge in [-0.3, -0.25) is 0 Å². The molecule has 0 heterocycles. The van der Waals surface area contributed by atoms with Crippen molar-refractivity contribution < 1.29 is 4.74 Å². The molecule has 50 valence electrons. The van der Waals surface area contributed by atoms with Crippen LogP contribution in [0.1, 0.15) is 13.8 Å². The normalized spacial score (nSPS) is 18.0. The highest BCUT2D eigenvalue weighted by molar-refractivity contribution is 7.80. The zero-order chi connectivity index (χ0) is 6.57. The molecule has 0 aromatic heterocycles. The second-order valence-electron chi connectivity index (χ2n) is 2.10. The summed E-state index contributed by atoms with van der Waals surface area (Å²) in [6.45, 7) is 4.18. The van der Waals surface area contributed by atoms with Gasteiger partial charge in [0.15, 0.2) is 0 Å². The second-order valence-corrected chi connectivity index (χ2v) is 2.47. The van der Waals surface area contributed by atoms with E-state index >= 15 is 0 Å². The lowest BCUT2D eigenvalue weighted by Gasteiger charge is -2.14. The van der Waals surface area contributed by atoms with E-state index in [9.17, 15) is 0 Å². The predicted octanol–water partition coefficient (Wildman–Crippen LogP) is 1.59. The average molecular weight is 134 g/mol. The molecular formula is C6H14OS. The van der Waals surface area contributed by atoms with Crippen LogP contribution in [0.2, 0.25) is 0 Å². The van der Waals surface area contributed by atoms with E-state index in [-0.39, 0.29) is 0 Å². The molecule has 0 aliphatic carbocycles. The van der Waals surface area contributed by atoms with Gasteiger partial charge in [0.25, 0.3) is 0 Å². The summed E-state index contributed by atoms with van der Waals surface area (Å²) in [7, 11) is 1.73. The zero-order valence-corrected chi connectivity index (χ0v) is 6.61. The van der Waals surface area contributed by atoms with Crippen LogP contribution in [0.3, 0.4) is 0 Å². The predicted molar refractivity (Wildman–Crippen MR) is 39.5 cm³/mol. The number of thiol groups is 1. The second kappa shape index (κ2) is 4.21. The molecule has 0 saturated heterocycles. The topological polar surface area (TPSA) is 9.23 Å². The minimum Gasteiger partial charge on any atom is -0.381 e. The van der Waals surface area contributed by atoms with E-state index in [0.717, 1.165) is 5.75 Å². The largest absolute Gasteiger partial charge is 0.381 e. The number of hydrogen-bond donors (Lipinski definition) is 1. The van der Waals surface area contributed by atoms with Gasteiger partial charge in [0.2, 0.25) is 0 Å². The monoisotopic (exact) mass is 134 g/mol. The number of hydrogen-bond acceptors (Lipinski definition) is 2. The van der Waals surface area contributed by atoms with Gasteiger partial charge in [-0.25, -0.2) is 0 Å². The molecule has 0 N–H and O–H groups in total. The maximum Gasteiger partial charge on any atom is 0.0576 e. The molecule has 0 bridgehead atoms.